The van der Waals surface area contributed by atoms with Gasteiger partial charge in [0, 0.05) is 10.6 Å². The van der Waals surface area contributed by atoms with Gasteiger partial charge in [-0.25, -0.2) is 14.6 Å². The molecule has 0 radical (unpaired) electrons. The number of hydrogen-bond donors (Lipinski definition) is 1. The van der Waals surface area contributed by atoms with E-state index in [4.69, 9.17) is 31.2 Å². The van der Waals surface area contributed by atoms with Crippen LogP contribution in [0.5, 0.6) is 0 Å². The van der Waals surface area contributed by atoms with E-state index in [0.717, 1.165) is 0 Å². The van der Waals surface area contributed by atoms with Crippen LogP contribution in [-0.2, 0) is 19.1 Å². The van der Waals surface area contributed by atoms with Crippen molar-refractivity contribution in [3.8, 4) is 17.5 Å². The normalized spacial score (nSPS) is 15.3. The number of methoxy groups -OCH3 is 2. The summed E-state index contributed by atoms with van der Waals surface area (Å²) < 4.78 is 16.2. The Hall–Kier alpha value is -5.07. The number of carbonyl (C=O) groups excluding carboxylic acids is 2. The van der Waals surface area contributed by atoms with Crippen LogP contribution < -0.4 is 10.6 Å². The smallest absolute Gasteiger partial charge is 0.355 e. The predicted molar refractivity (Wildman–Crippen MR) is 149 cm³/mol. The number of halogens is 1. The molecule has 1 atom stereocenters. The average molecular weight is 555 g/mol. The third-order valence-electron chi connectivity index (χ3n) is 6.66. The molecule has 40 heavy (non-hydrogen) atoms. The summed E-state index contributed by atoms with van der Waals surface area (Å²) in [4.78, 5) is 32.6. The molecule has 0 aliphatic carbocycles. The number of fused-ring (bicyclic) bond motifs is 1. The zero-order valence-electron chi connectivity index (χ0n) is 21.8. The standard InChI is InChI=1S/C30H23ClN4O5/c1-16-9-10-18(28-34-21-14-19(31)11-12-23(21)40-28)13-22(16)35-26(30(37)39-3)25(29(36)38-2)24(20(15-32)27(35)33)17-7-5-4-6-8-17/h4-14,24H,33H2,1-3H3. The first-order valence-corrected chi connectivity index (χ1v) is 12.5. The van der Waals surface area contributed by atoms with Crippen molar-refractivity contribution in [1.82, 2.24) is 4.98 Å². The lowest BCUT2D eigenvalue weighted by atomic mass is 9.80. The minimum absolute atomic E-state index is 0.0333. The predicted octanol–water partition coefficient (Wildman–Crippen LogP) is 5.35. The van der Waals surface area contributed by atoms with Gasteiger partial charge in [-0.1, -0.05) is 48.0 Å². The highest BCUT2D eigenvalue weighted by atomic mass is 35.5. The first-order chi connectivity index (χ1) is 19.3. The van der Waals surface area contributed by atoms with Gasteiger partial charge in [-0.2, -0.15) is 5.26 Å². The van der Waals surface area contributed by atoms with Crippen molar-refractivity contribution >= 4 is 40.3 Å². The van der Waals surface area contributed by atoms with Gasteiger partial charge in [0.05, 0.1) is 43.0 Å². The summed E-state index contributed by atoms with van der Waals surface area (Å²) in [5.74, 6) is -2.33. The summed E-state index contributed by atoms with van der Waals surface area (Å²) >= 11 is 6.11. The van der Waals surface area contributed by atoms with Crippen LogP contribution >= 0.6 is 11.6 Å². The molecule has 2 heterocycles. The van der Waals surface area contributed by atoms with Crippen molar-refractivity contribution < 1.29 is 23.5 Å². The fourth-order valence-electron chi connectivity index (χ4n) is 4.77. The molecule has 0 fully saturated rings. The maximum absolute atomic E-state index is 13.4. The second-order valence-corrected chi connectivity index (χ2v) is 9.40. The summed E-state index contributed by atoms with van der Waals surface area (Å²) in [7, 11) is 2.40. The van der Waals surface area contributed by atoms with Gasteiger partial charge in [-0.15, -0.1) is 0 Å². The van der Waals surface area contributed by atoms with E-state index in [-0.39, 0.29) is 22.7 Å². The highest BCUT2D eigenvalue weighted by molar-refractivity contribution is 6.31. The number of nitrogens with two attached hydrogens (primary N) is 1. The first kappa shape index (κ1) is 26.5. The van der Waals surface area contributed by atoms with Gasteiger partial charge in [0.2, 0.25) is 5.89 Å². The van der Waals surface area contributed by atoms with Gasteiger partial charge in [0.1, 0.15) is 17.0 Å². The third-order valence-corrected chi connectivity index (χ3v) is 6.89. The van der Waals surface area contributed by atoms with E-state index in [0.29, 0.717) is 44.4 Å². The molecule has 1 aliphatic heterocycles. The Morgan fingerprint density at radius 2 is 1.77 bits per heavy atom. The number of aryl methyl sites for hydroxylation is 1. The lowest BCUT2D eigenvalue weighted by Gasteiger charge is -2.36. The van der Waals surface area contributed by atoms with Crippen molar-refractivity contribution in [1.29, 1.82) is 5.26 Å². The van der Waals surface area contributed by atoms with Crippen LogP contribution in [0, 0.1) is 18.3 Å². The van der Waals surface area contributed by atoms with Crippen LogP contribution in [0.4, 0.5) is 5.69 Å². The lowest BCUT2D eigenvalue weighted by molar-refractivity contribution is -0.139. The van der Waals surface area contributed by atoms with E-state index < -0.39 is 17.9 Å². The van der Waals surface area contributed by atoms with Crippen LogP contribution in [0.2, 0.25) is 5.02 Å². The molecule has 0 amide bonds. The molecule has 10 heteroatoms. The number of allylic oxidation sites excluding steroid dienone is 1. The molecule has 0 saturated carbocycles. The van der Waals surface area contributed by atoms with Crippen LogP contribution in [0.25, 0.3) is 22.6 Å². The second kappa shape index (κ2) is 10.6. The molecule has 5 rings (SSSR count). The quantitative estimate of drug-likeness (QED) is 0.324. The topological polar surface area (TPSA) is 132 Å². The Balaban J connectivity index is 1.78. The maximum Gasteiger partial charge on any atom is 0.355 e. The summed E-state index contributed by atoms with van der Waals surface area (Å²) in [5.41, 5.74) is 9.84. The molecule has 0 saturated heterocycles. The summed E-state index contributed by atoms with van der Waals surface area (Å²) in [6, 6.07) is 21.4. The lowest BCUT2D eigenvalue weighted by Crippen LogP contribution is -2.41. The number of hydrogen-bond acceptors (Lipinski definition) is 9. The van der Waals surface area contributed by atoms with Crippen molar-refractivity contribution in [3.05, 3.63) is 106 Å². The van der Waals surface area contributed by atoms with Gasteiger partial charge in [-0.05, 0) is 48.4 Å². The number of oxazole rings is 1. The molecule has 3 aromatic carbocycles. The first-order valence-electron chi connectivity index (χ1n) is 12.1. The molecule has 1 unspecified atom stereocenters. The zero-order valence-corrected chi connectivity index (χ0v) is 22.5. The Bertz CT molecular complexity index is 1770. The maximum atomic E-state index is 13.4. The SMILES string of the molecule is COC(=O)C1=C(C(=O)OC)N(c2cc(-c3nc4cc(Cl)ccc4o3)ccc2C)C(N)=C(C#N)C1c1ccccc1. The van der Waals surface area contributed by atoms with Crippen molar-refractivity contribution in [2.45, 2.75) is 12.8 Å². The number of carbonyl (C=O) groups is 2. The van der Waals surface area contributed by atoms with Crippen LogP contribution in [0.1, 0.15) is 17.0 Å². The van der Waals surface area contributed by atoms with Crippen molar-refractivity contribution in [2.24, 2.45) is 5.73 Å². The number of anilines is 1. The largest absolute Gasteiger partial charge is 0.466 e. The van der Waals surface area contributed by atoms with Crippen LogP contribution in [0.3, 0.4) is 0 Å². The minimum Gasteiger partial charge on any atom is -0.466 e. The van der Waals surface area contributed by atoms with Crippen LogP contribution in [0.15, 0.2) is 93.8 Å². The number of benzene rings is 3. The molecule has 0 spiro atoms. The summed E-state index contributed by atoms with van der Waals surface area (Å²) in [6.45, 7) is 1.81. The highest BCUT2D eigenvalue weighted by Gasteiger charge is 2.43. The second-order valence-electron chi connectivity index (χ2n) is 8.97. The van der Waals surface area contributed by atoms with Gasteiger partial charge in [0.25, 0.3) is 0 Å². The summed E-state index contributed by atoms with van der Waals surface area (Å²) in [6.07, 6.45) is 0. The Morgan fingerprint density at radius 3 is 2.45 bits per heavy atom. The number of nitrogens with zero attached hydrogens (tertiary/aromatic N) is 3. The average Bonchev–Trinajstić information content (AvgIpc) is 3.39. The van der Waals surface area contributed by atoms with Gasteiger partial charge >= 0.3 is 11.9 Å². The minimum atomic E-state index is -0.964. The van der Waals surface area contributed by atoms with Gasteiger partial charge in [0.15, 0.2) is 5.58 Å². The van der Waals surface area contributed by atoms with Crippen LogP contribution in [-0.4, -0.2) is 31.1 Å². The van der Waals surface area contributed by atoms with E-state index in [1.807, 2.05) is 0 Å². The number of rotatable bonds is 5. The molecular weight excluding hydrogens is 532 g/mol. The van der Waals surface area contributed by atoms with Crippen molar-refractivity contribution in [2.75, 3.05) is 19.1 Å². The molecule has 1 aliphatic rings. The van der Waals surface area contributed by atoms with E-state index >= 15 is 0 Å². The third kappa shape index (κ3) is 4.44. The van der Waals surface area contributed by atoms with Gasteiger partial charge < -0.3 is 19.6 Å². The fourth-order valence-corrected chi connectivity index (χ4v) is 4.94. The Morgan fingerprint density at radius 1 is 1.05 bits per heavy atom. The van der Waals surface area contributed by atoms with E-state index in [1.54, 1.807) is 73.7 Å². The zero-order chi connectivity index (χ0) is 28.6. The van der Waals surface area contributed by atoms with Gasteiger partial charge in [-0.3, -0.25) is 4.90 Å². The molecule has 2 N–H and O–H groups in total. The highest BCUT2D eigenvalue weighted by Crippen LogP contribution is 2.44. The molecule has 200 valence electrons. The summed E-state index contributed by atoms with van der Waals surface area (Å²) in [5, 5.41) is 10.8. The van der Waals surface area contributed by atoms with E-state index in [9.17, 15) is 14.9 Å². The van der Waals surface area contributed by atoms with E-state index in [1.165, 1.54) is 19.1 Å². The molecule has 4 aromatic rings. The number of ether oxygens (including phenoxy) is 2. The number of nitriles is 1. The van der Waals surface area contributed by atoms with E-state index in [2.05, 4.69) is 11.1 Å². The fraction of sp³-hybridized carbons (Fsp3) is 0.133. The molecular formula is C30H23ClN4O5. The number of esters is 2. The molecule has 0 bridgehead atoms. The monoisotopic (exact) mass is 554 g/mol. The number of aromatic nitrogens is 1. The van der Waals surface area contributed by atoms with Crippen molar-refractivity contribution in [3.63, 3.8) is 0 Å². The molecule has 1 aromatic heterocycles. The Kier molecular flexibility index (Phi) is 7.03. The molecule has 9 nitrogen and oxygen atoms in total. The Labute approximate surface area is 234 Å².